The number of anilines is 3. The maximum Gasteiger partial charge on any atom is 0.419 e. The maximum atomic E-state index is 13.4. The second-order valence-corrected chi connectivity index (χ2v) is 10.6. The lowest BCUT2D eigenvalue weighted by molar-refractivity contribution is -0.138. The summed E-state index contributed by atoms with van der Waals surface area (Å²) in [5, 5.41) is 7.66. The number of morpholine rings is 1. The summed E-state index contributed by atoms with van der Waals surface area (Å²) < 4.78 is 71.1. The third-order valence-corrected chi connectivity index (χ3v) is 7.68. The van der Waals surface area contributed by atoms with Crippen LogP contribution in [0.1, 0.15) is 12.0 Å². The maximum absolute atomic E-state index is 13.4. The summed E-state index contributed by atoms with van der Waals surface area (Å²) in [5.74, 6) is -2.22. The first-order chi connectivity index (χ1) is 20.0. The number of aromatic amines is 1. The fourth-order valence-electron chi connectivity index (χ4n) is 5.42. The van der Waals surface area contributed by atoms with Crippen LogP contribution in [0.25, 0.3) is 10.8 Å². The van der Waals surface area contributed by atoms with Crippen molar-refractivity contribution in [3.05, 3.63) is 46.5 Å². The quantitative estimate of drug-likeness (QED) is 0.445. The largest absolute Gasteiger partial charge is 0.419 e. The van der Waals surface area contributed by atoms with Crippen molar-refractivity contribution >= 4 is 34.1 Å². The number of piperazine rings is 1. The zero-order valence-corrected chi connectivity index (χ0v) is 22.3. The number of nitrogens with one attached hydrogen (secondary N) is 1. The van der Waals surface area contributed by atoms with Gasteiger partial charge in [-0.1, -0.05) is 0 Å². The van der Waals surface area contributed by atoms with E-state index in [1.165, 1.54) is 4.90 Å². The highest BCUT2D eigenvalue weighted by Gasteiger charge is 2.44. The van der Waals surface area contributed by atoms with E-state index in [1.807, 2.05) is 4.90 Å². The predicted octanol–water partition coefficient (Wildman–Crippen LogP) is 2.13. The summed E-state index contributed by atoms with van der Waals surface area (Å²) in [7, 11) is 0. The van der Waals surface area contributed by atoms with E-state index in [9.17, 15) is 31.5 Å². The zero-order chi connectivity index (χ0) is 29.6. The molecule has 0 bridgehead atoms. The molecule has 0 spiro atoms. The molecule has 0 radical (unpaired) electrons. The Kier molecular flexibility index (Phi) is 7.11. The van der Waals surface area contributed by atoms with E-state index in [0.29, 0.717) is 68.2 Å². The van der Waals surface area contributed by atoms with Crippen LogP contribution in [0.4, 0.5) is 39.4 Å². The number of ether oxygens (including phenoxy) is 1. The number of hydrogen-bond acceptors (Lipinski definition) is 9. The second-order valence-electron chi connectivity index (χ2n) is 10.6. The number of alkyl halides is 5. The van der Waals surface area contributed by atoms with Crippen LogP contribution >= 0.6 is 0 Å². The Hall–Kier alpha value is -4.08. The van der Waals surface area contributed by atoms with Crippen molar-refractivity contribution < 1.29 is 31.5 Å². The molecule has 6 rings (SSSR count). The first kappa shape index (κ1) is 28.1. The lowest BCUT2D eigenvalue weighted by Crippen LogP contribution is -2.56. The molecular weight excluding hydrogens is 567 g/mol. The molecule has 3 aliphatic rings. The topological polar surface area (TPSA) is 111 Å². The van der Waals surface area contributed by atoms with Crippen LogP contribution in [0.2, 0.25) is 0 Å². The van der Waals surface area contributed by atoms with E-state index in [4.69, 9.17) is 4.74 Å². The number of fused-ring (bicyclic) bond motifs is 1. The number of hydrogen-bond donors (Lipinski definition) is 1. The number of halogens is 5. The lowest BCUT2D eigenvalue weighted by Gasteiger charge is -2.40. The van der Waals surface area contributed by atoms with Crippen molar-refractivity contribution in [1.82, 2.24) is 25.1 Å². The molecule has 3 saturated heterocycles. The van der Waals surface area contributed by atoms with E-state index < -0.39 is 42.4 Å². The van der Waals surface area contributed by atoms with Gasteiger partial charge in [-0.25, -0.2) is 23.8 Å². The molecule has 16 heteroatoms. The SMILES string of the molecule is O=C(CC1CN(c2n[nH]c(=O)c3ccc(N4CC(F)(F)C4)cc23)CCO1)N1CCN(c2ncc(C(F)(F)F)cn2)CC1. The molecule has 1 atom stereocenters. The summed E-state index contributed by atoms with van der Waals surface area (Å²) in [6.07, 6.45) is -3.38. The van der Waals surface area contributed by atoms with Crippen LogP contribution in [-0.4, -0.2) is 102 Å². The molecular formula is C26H27F5N8O3. The number of nitrogens with zero attached hydrogens (tertiary/aromatic N) is 7. The minimum atomic E-state index is -4.51. The minimum Gasteiger partial charge on any atom is -0.374 e. The third-order valence-electron chi connectivity index (χ3n) is 7.68. The Morgan fingerprint density at radius 2 is 1.71 bits per heavy atom. The highest BCUT2D eigenvalue weighted by Crippen LogP contribution is 2.35. The average molecular weight is 595 g/mol. The van der Waals surface area contributed by atoms with Gasteiger partial charge in [0.25, 0.3) is 11.5 Å². The summed E-state index contributed by atoms with van der Waals surface area (Å²) >= 11 is 0. The molecule has 3 aliphatic heterocycles. The average Bonchev–Trinajstić information content (AvgIpc) is 2.96. The molecule has 2 aromatic heterocycles. The second kappa shape index (κ2) is 10.6. The Labute approximate surface area is 235 Å². The molecule has 3 aromatic rings. The monoisotopic (exact) mass is 594 g/mol. The highest BCUT2D eigenvalue weighted by atomic mass is 19.4. The van der Waals surface area contributed by atoms with Gasteiger partial charge in [0.15, 0.2) is 5.82 Å². The third kappa shape index (κ3) is 5.67. The standard InChI is InChI=1S/C26H27F5N8O3/c27-25(28)14-39(15-25)17-1-2-19-20(9-17)22(34-35-23(19)41)38-7-8-42-18(13-38)10-21(40)36-3-5-37(6-4-36)24-32-11-16(12-33-24)26(29,30)31/h1-2,9,11-12,18H,3-8,10,13-15H2,(H,35,41). The van der Waals surface area contributed by atoms with Gasteiger partial charge in [0, 0.05) is 62.7 Å². The summed E-state index contributed by atoms with van der Waals surface area (Å²) in [6.45, 7) is 1.75. The van der Waals surface area contributed by atoms with Crippen LogP contribution in [0.5, 0.6) is 0 Å². The van der Waals surface area contributed by atoms with E-state index in [2.05, 4.69) is 20.2 Å². The van der Waals surface area contributed by atoms with Crippen LogP contribution in [-0.2, 0) is 15.7 Å². The van der Waals surface area contributed by atoms with Crippen molar-refractivity contribution in [2.45, 2.75) is 24.6 Å². The van der Waals surface area contributed by atoms with Crippen molar-refractivity contribution in [3.63, 3.8) is 0 Å². The number of carbonyl (C=O) groups is 1. The van der Waals surface area contributed by atoms with Gasteiger partial charge in [0.05, 0.1) is 43.2 Å². The van der Waals surface area contributed by atoms with Crippen LogP contribution in [0, 0.1) is 0 Å². The Morgan fingerprint density at radius 1 is 1.00 bits per heavy atom. The molecule has 1 unspecified atom stereocenters. The highest BCUT2D eigenvalue weighted by molar-refractivity contribution is 5.94. The number of benzene rings is 1. The van der Waals surface area contributed by atoms with Gasteiger partial charge in [-0.3, -0.25) is 9.59 Å². The molecule has 1 N–H and O–H groups in total. The Balaban J connectivity index is 1.09. The van der Waals surface area contributed by atoms with E-state index >= 15 is 0 Å². The van der Waals surface area contributed by atoms with Crippen molar-refractivity contribution in [1.29, 1.82) is 0 Å². The smallest absolute Gasteiger partial charge is 0.374 e. The molecule has 1 aromatic carbocycles. The van der Waals surface area contributed by atoms with Gasteiger partial charge in [0.1, 0.15) is 0 Å². The molecule has 42 heavy (non-hydrogen) atoms. The molecule has 224 valence electrons. The Bertz CT molecular complexity index is 1520. The minimum absolute atomic E-state index is 0.0999. The molecule has 5 heterocycles. The number of carbonyl (C=O) groups excluding carboxylic acids is 1. The summed E-state index contributed by atoms with van der Waals surface area (Å²) in [5.41, 5.74) is -0.745. The van der Waals surface area contributed by atoms with Crippen LogP contribution in [0.15, 0.2) is 35.4 Å². The van der Waals surface area contributed by atoms with Crippen LogP contribution < -0.4 is 20.3 Å². The molecule has 3 fully saturated rings. The fraction of sp³-hybridized carbons (Fsp3) is 0.500. The predicted molar refractivity (Wildman–Crippen MR) is 142 cm³/mol. The number of aromatic nitrogens is 4. The molecule has 1 amide bonds. The van der Waals surface area contributed by atoms with Crippen molar-refractivity contribution in [2.75, 3.05) is 73.7 Å². The van der Waals surface area contributed by atoms with Gasteiger partial charge in [-0.2, -0.15) is 18.3 Å². The molecule has 0 saturated carbocycles. The van der Waals surface area contributed by atoms with Gasteiger partial charge in [0.2, 0.25) is 11.9 Å². The zero-order valence-electron chi connectivity index (χ0n) is 22.3. The number of amides is 1. The van der Waals surface area contributed by atoms with Gasteiger partial charge in [-0.15, -0.1) is 0 Å². The van der Waals surface area contributed by atoms with E-state index in [0.717, 1.165) is 12.4 Å². The Morgan fingerprint density at radius 3 is 2.38 bits per heavy atom. The van der Waals surface area contributed by atoms with E-state index in [-0.39, 0.29) is 18.3 Å². The first-order valence-electron chi connectivity index (χ1n) is 13.4. The van der Waals surface area contributed by atoms with Crippen molar-refractivity contribution in [3.8, 4) is 0 Å². The number of rotatable bonds is 5. The summed E-state index contributed by atoms with van der Waals surface area (Å²) in [6, 6.07) is 4.93. The van der Waals surface area contributed by atoms with Gasteiger partial charge in [-0.05, 0) is 18.2 Å². The summed E-state index contributed by atoms with van der Waals surface area (Å²) in [4.78, 5) is 40.0. The normalized spacial score (nSPS) is 21.0. The lowest BCUT2D eigenvalue weighted by atomic mass is 10.1. The fourth-order valence-corrected chi connectivity index (χ4v) is 5.42. The van der Waals surface area contributed by atoms with Gasteiger partial charge < -0.3 is 24.3 Å². The molecule has 0 aliphatic carbocycles. The number of H-pyrrole nitrogens is 1. The first-order valence-corrected chi connectivity index (χ1v) is 13.4. The van der Waals surface area contributed by atoms with E-state index in [1.54, 1.807) is 28.0 Å². The van der Waals surface area contributed by atoms with Crippen LogP contribution in [0.3, 0.4) is 0 Å². The van der Waals surface area contributed by atoms with Gasteiger partial charge >= 0.3 is 6.18 Å². The molecule has 11 nitrogen and oxygen atoms in total. The van der Waals surface area contributed by atoms with Crippen molar-refractivity contribution in [2.24, 2.45) is 0 Å².